The van der Waals surface area contributed by atoms with E-state index < -0.39 is 5.97 Å². The topological polar surface area (TPSA) is 148 Å². The van der Waals surface area contributed by atoms with Crippen LogP contribution in [0.4, 0.5) is 0 Å². The third kappa shape index (κ3) is 53.7. The second-order valence-corrected chi connectivity index (χ2v) is 25.2. The van der Waals surface area contributed by atoms with Crippen LogP contribution in [0.2, 0.25) is 0 Å². The van der Waals surface area contributed by atoms with Crippen LogP contribution in [-0.4, -0.2) is 47.1 Å². The molecule has 2 rings (SSSR count). The van der Waals surface area contributed by atoms with Gasteiger partial charge in [-0.1, -0.05) is 298 Å². The van der Waals surface area contributed by atoms with Gasteiger partial charge in [0.25, 0.3) is 0 Å². The Morgan fingerprint density at radius 1 is 0.338 bits per heavy atom. The monoisotopic (exact) mass is 1050 g/mol. The van der Waals surface area contributed by atoms with Crippen LogP contribution in [-0.2, 0) is 14.4 Å². The van der Waals surface area contributed by atoms with Gasteiger partial charge in [0.05, 0.1) is 0 Å². The van der Waals surface area contributed by atoms with E-state index in [1.54, 1.807) is 0 Å². The third-order valence-electron chi connectivity index (χ3n) is 16.1. The quantitative estimate of drug-likeness (QED) is 0.0384. The van der Waals surface area contributed by atoms with Gasteiger partial charge in [0.2, 0.25) is 11.8 Å². The van der Waals surface area contributed by atoms with E-state index in [9.17, 15) is 14.4 Å². The molecule has 0 aromatic rings. The van der Waals surface area contributed by atoms with Crippen LogP contribution in [0, 0.1) is 17.8 Å². The van der Waals surface area contributed by atoms with Gasteiger partial charge in [-0.2, -0.15) is 0 Å². The Balaban J connectivity index is 0.00000154. The summed E-state index contributed by atoms with van der Waals surface area (Å²) in [6, 6.07) is 0.786. The molecule has 0 unspecified atom stereocenters. The van der Waals surface area contributed by atoms with Crippen LogP contribution in [0.15, 0.2) is 0 Å². The van der Waals surface area contributed by atoms with E-state index in [-0.39, 0.29) is 36.0 Å². The molecule has 4 atom stereocenters. The van der Waals surface area contributed by atoms with Gasteiger partial charge in [0.1, 0.15) is 0 Å². The van der Waals surface area contributed by atoms with Crippen molar-refractivity contribution < 1.29 is 19.5 Å². The smallest absolute Gasteiger partial charge is 0.303 e. The molecular formula is C66H132N4O4. The molecular weight excluding hydrogens is 913 g/mol. The Morgan fingerprint density at radius 2 is 0.541 bits per heavy atom. The van der Waals surface area contributed by atoms with Gasteiger partial charge >= 0.3 is 5.97 Å². The van der Waals surface area contributed by atoms with E-state index in [4.69, 9.17) is 16.6 Å². The summed E-state index contributed by atoms with van der Waals surface area (Å²) >= 11 is 0. The number of carbonyl (C=O) groups excluding carboxylic acids is 2. The molecule has 0 aromatic carbocycles. The van der Waals surface area contributed by atoms with Crippen LogP contribution < -0.4 is 22.1 Å². The van der Waals surface area contributed by atoms with E-state index in [1.165, 1.54) is 225 Å². The molecule has 0 saturated heterocycles. The van der Waals surface area contributed by atoms with E-state index in [2.05, 4.69) is 52.2 Å². The minimum Gasteiger partial charge on any atom is -0.481 e. The standard InChI is InChI=1S/C42H82N2O2.C18H36O2.C6H14N2/c1-37(2)31-25-21-17-13-9-5-7-11-15-19-23-27-35-41(45)43-39-33-29-30-34-40(39)44-42(46)36-28-24-20-16-12-8-6-10-14-18-22-26-32-38(3)4;1-17(2)15-13-11-9-7-5-3-4-6-8-10-12-14-16-18(19)20;7-5-3-1-2-4-6(5)8/h37-40H,5-36H2,1-4H3,(H,43,45)(H,44,46);17H,3-16H2,1-2H3,(H,19,20);5-6H,1-4,7-8H2/t39-,40-;;5-,6-/m1.1/s1. The molecule has 7 N–H and O–H groups in total. The van der Waals surface area contributed by atoms with Crippen molar-refractivity contribution in [2.24, 2.45) is 29.2 Å². The summed E-state index contributed by atoms with van der Waals surface area (Å²) in [5, 5.41) is 15.1. The molecule has 2 aliphatic rings. The number of carboxylic acids is 1. The van der Waals surface area contributed by atoms with Gasteiger partial charge in [0.15, 0.2) is 0 Å². The van der Waals surface area contributed by atoms with Crippen molar-refractivity contribution in [3.8, 4) is 0 Å². The molecule has 74 heavy (non-hydrogen) atoms. The average Bonchev–Trinajstić information content (AvgIpc) is 3.35. The lowest BCUT2D eigenvalue weighted by atomic mass is 9.90. The fraction of sp³-hybridized carbons (Fsp3) is 0.955. The molecule has 8 nitrogen and oxygen atoms in total. The number of amides is 2. The Hall–Kier alpha value is -1.67. The summed E-state index contributed by atoms with van der Waals surface area (Å²) in [4.78, 5) is 35.7. The summed E-state index contributed by atoms with van der Waals surface area (Å²) in [5.41, 5.74) is 11.3. The van der Waals surface area contributed by atoms with E-state index in [0.717, 1.165) is 94.8 Å². The molecule has 0 aliphatic heterocycles. The van der Waals surface area contributed by atoms with Crippen molar-refractivity contribution in [2.45, 2.75) is 387 Å². The van der Waals surface area contributed by atoms with Gasteiger partial charge < -0.3 is 27.2 Å². The lowest BCUT2D eigenvalue weighted by Crippen LogP contribution is -2.53. The summed E-state index contributed by atoms with van der Waals surface area (Å²) in [6.45, 7) is 13.9. The molecule has 2 fully saturated rings. The molecule has 440 valence electrons. The first-order valence-electron chi connectivity index (χ1n) is 33.1. The minimum absolute atomic E-state index is 0.112. The summed E-state index contributed by atoms with van der Waals surface area (Å²) in [5.74, 6) is 2.29. The number of hydrogen-bond acceptors (Lipinski definition) is 5. The zero-order valence-corrected chi connectivity index (χ0v) is 50.7. The number of carbonyl (C=O) groups is 3. The molecule has 2 amide bonds. The van der Waals surface area contributed by atoms with Crippen LogP contribution in [0.25, 0.3) is 0 Å². The maximum atomic E-state index is 12.7. The molecule has 0 heterocycles. The second-order valence-electron chi connectivity index (χ2n) is 25.2. The number of hydrogen-bond donors (Lipinski definition) is 5. The highest BCUT2D eigenvalue weighted by atomic mass is 16.4. The van der Waals surface area contributed by atoms with Crippen LogP contribution >= 0.6 is 0 Å². The van der Waals surface area contributed by atoms with Gasteiger partial charge in [-0.25, -0.2) is 0 Å². The highest BCUT2D eigenvalue weighted by Gasteiger charge is 2.27. The normalized spacial score (nSPS) is 17.7. The van der Waals surface area contributed by atoms with Crippen molar-refractivity contribution in [1.82, 2.24) is 10.6 Å². The lowest BCUT2D eigenvalue weighted by molar-refractivity contribution is -0.137. The first-order chi connectivity index (χ1) is 35.8. The van der Waals surface area contributed by atoms with E-state index in [0.29, 0.717) is 19.3 Å². The average molecular weight is 1050 g/mol. The third-order valence-corrected chi connectivity index (χ3v) is 16.1. The molecule has 0 aromatic heterocycles. The largest absolute Gasteiger partial charge is 0.481 e. The number of nitrogens with two attached hydrogens (primary N) is 2. The fourth-order valence-electron chi connectivity index (χ4n) is 11.0. The van der Waals surface area contributed by atoms with E-state index >= 15 is 0 Å². The Kier molecular flexibility index (Phi) is 53.4. The predicted molar refractivity (Wildman–Crippen MR) is 323 cm³/mol. The molecule has 0 radical (unpaired) electrons. The number of rotatable bonds is 47. The van der Waals surface area contributed by atoms with Gasteiger partial charge in [-0.3, -0.25) is 14.4 Å². The van der Waals surface area contributed by atoms with Gasteiger partial charge in [-0.15, -0.1) is 0 Å². The first-order valence-corrected chi connectivity index (χ1v) is 33.1. The highest BCUT2D eigenvalue weighted by Crippen LogP contribution is 2.21. The number of unbranched alkanes of at least 4 members (excludes halogenated alkanes) is 33. The minimum atomic E-state index is -0.654. The van der Waals surface area contributed by atoms with Crippen LogP contribution in [0.3, 0.4) is 0 Å². The van der Waals surface area contributed by atoms with Gasteiger partial charge in [0, 0.05) is 43.4 Å². The van der Waals surface area contributed by atoms with Crippen molar-refractivity contribution in [1.29, 1.82) is 0 Å². The molecule has 2 saturated carbocycles. The fourth-order valence-corrected chi connectivity index (χ4v) is 11.0. The first kappa shape index (κ1) is 72.3. The maximum Gasteiger partial charge on any atom is 0.303 e. The van der Waals surface area contributed by atoms with Crippen molar-refractivity contribution in [3.63, 3.8) is 0 Å². The molecule has 2 aliphatic carbocycles. The summed E-state index contributed by atoms with van der Waals surface area (Å²) < 4.78 is 0. The van der Waals surface area contributed by atoms with Crippen LogP contribution in [0.5, 0.6) is 0 Å². The zero-order valence-electron chi connectivity index (χ0n) is 50.7. The van der Waals surface area contributed by atoms with Crippen molar-refractivity contribution in [2.75, 3.05) is 0 Å². The molecule has 0 spiro atoms. The number of nitrogens with one attached hydrogen (secondary N) is 2. The van der Waals surface area contributed by atoms with Gasteiger partial charge in [-0.05, 0) is 62.7 Å². The Labute approximate surface area is 462 Å². The van der Waals surface area contributed by atoms with E-state index in [1.807, 2.05) is 0 Å². The number of aliphatic carboxylic acids is 1. The van der Waals surface area contributed by atoms with Crippen molar-refractivity contribution >= 4 is 17.8 Å². The Morgan fingerprint density at radius 3 is 0.757 bits per heavy atom. The Bertz CT molecular complexity index is 1140. The molecule has 8 heteroatoms. The molecule has 0 bridgehead atoms. The SMILES string of the molecule is CC(C)CCCCCCCCCCCCCCC(=O)N[C@@H]1CCCC[C@H]1NC(=O)CCCCCCCCCCCCCCC(C)C.CC(C)CCCCCCCCCCCCCCC(=O)O.N[C@@H]1CCCC[C@H]1N. The number of carboxylic acid groups (broad SMARTS) is 1. The van der Waals surface area contributed by atoms with Crippen LogP contribution in [0.1, 0.15) is 363 Å². The maximum absolute atomic E-state index is 12.7. The summed E-state index contributed by atoms with van der Waals surface area (Å²) in [6.07, 6.45) is 62.2. The lowest BCUT2D eigenvalue weighted by Gasteiger charge is -2.33. The predicted octanol–water partition coefficient (Wildman–Crippen LogP) is 19.2. The zero-order chi connectivity index (χ0) is 54.5. The van der Waals surface area contributed by atoms with Crippen molar-refractivity contribution in [3.05, 3.63) is 0 Å². The second kappa shape index (κ2) is 54.7. The summed E-state index contributed by atoms with van der Waals surface area (Å²) in [7, 11) is 0. The highest BCUT2D eigenvalue weighted by molar-refractivity contribution is 5.77.